The van der Waals surface area contributed by atoms with E-state index in [0.29, 0.717) is 41.9 Å². The fourth-order valence-electron chi connectivity index (χ4n) is 5.95. The van der Waals surface area contributed by atoms with E-state index in [4.69, 9.17) is 21.1 Å². The van der Waals surface area contributed by atoms with Gasteiger partial charge in [-0.05, 0) is 111 Å². The van der Waals surface area contributed by atoms with E-state index in [0.717, 1.165) is 40.8 Å². The molecule has 0 saturated carbocycles. The van der Waals surface area contributed by atoms with Crippen LogP contribution in [0.5, 0.6) is 11.5 Å². The van der Waals surface area contributed by atoms with Gasteiger partial charge < -0.3 is 25.0 Å². The van der Waals surface area contributed by atoms with E-state index >= 15 is 0 Å². The lowest BCUT2D eigenvalue weighted by Crippen LogP contribution is -2.46. The zero-order valence-electron chi connectivity index (χ0n) is 25.7. The number of ether oxygens (including phenoxy) is 2. The Bertz CT molecular complexity index is 1390. The Morgan fingerprint density at radius 2 is 1.72 bits per heavy atom. The Balaban J connectivity index is 1.34. The second-order valence-electron chi connectivity index (χ2n) is 12.0. The summed E-state index contributed by atoms with van der Waals surface area (Å²) in [6.07, 6.45) is 3.10. The minimum Gasteiger partial charge on any atom is -0.493 e. The summed E-state index contributed by atoms with van der Waals surface area (Å²) in [6, 6.07) is 18.2. The fraction of sp³-hybridized carbons (Fsp3) is 0.441. The number of methoxy groups -OCH3 is 2. The second-order valence-corrected chi connectivity index (χ2v) is 13.7. The molecule has 0 amide bonds. The number of benzene rings is 3. The minimum atomic E-state index is -0.873. The third-order valence-corrected chi connectivity index (χ3v) is 9.17. The number of nitrogens with one attached hydrogen (secondary N) is 1. The summed E-state index contributed by atoms with van der Waals surface area (Å²) in [6.45, 7) is 5.43. The number of carboxylic acids is 1. The van der Waals surface area contributed by atoms with Gasteiger partial charge in [0.2, 0.25) is 0 Å². The summed E-state index contributed by atoms with van der Waals surface area (Å²) in [5.41, 5.74) is 5.27. The maximum absolute atomic E-state index is 11.3. The third-order valence-electron chi connectivity index (χ3n) is 7.93. The lowest BCUT2D eigenvalue weighted by atomic mass is 9.88. The maximum Gasteiger partial charge on any atom is 0.303 e. The highest BCUT2D eigenvalue weighted by Gasteiger charge is 2.28. The topological polar surface area (TPSA) is 91.3 Å². The molecule has 0 aromatic heterocycles. The number of carbonyl (C=O) groups is 1. The zero-order valence-corrected chi connectivity index (χ0v) is 27.2. The molecule has 4 rings (SSSR count). The van der Waals surface area contributed by atoms with E-state index in [-0.39, 0.29) is 12.0 Å². The summed E-state index contributed by atoms with van der Waals surface area (Å²) < 4.78 is 12.9. The number of β-amino-alcohol motifs (C(OH)–C–C–N with tert-alkyl or cyclic N) is 1. The average Bonchev–Trinajstić information content (AvgIpc) is 3.36. The van der Waals surface area contributed by atoms with Gasteiger partial charge in [0.05, 0.1) is 20.3 Å². The van der Waals surface area contributed by atoms with Crippen molar-refractivity contribution in [3.63, 3.8) is 0 Å². The molecule has 3 N–H and O–H groups in total. The van der Waals surface area contributed by atoms with Crippen LogP contribution in [-0.2, 0) is 24.1 Å². The number of nitrogens with zero attached hydrogens (tertiary/aromatic N) is 1. The lowest BCUT2D eigenvalue weighted by Gasteiger charge is -2.31. The molecule has 0 radical (unpaired) electrons. The van der Waals surface area contributed by atoms with Gasteiger partial charge >= 0.3 is 5.97 Å². The van der Waals surface area contributed by atoms with Crippen LogP contribution in [0.3, 0.4) is 0 Å². The standard InChI is InChI=1S/C34H43ClN2O5S/c1-34(2,19-22-14-23-8-6-7-9-24(23)15-22)36-20-26(38)21-37(3)43-27-11-12-28(30(35)17-27)29-18-32(42-5)31(41-4)16-25(29)10-13-33(39)40/h6-9,11-12,16-18,22,26,36,38H,10,13-15,19-21H2,1-5H3,(H,39,40)/t26-/m1/s1. The van der Waals surface area contributed by atoms with Crippen molar-refractivity contribution < 1.29 is 24.5 Å². The molecule has 43 heavy (non-hydrogen) atoms. The molecule has 0 bridgehead atoms. The zero-order chi connectivity index (χ0) is 31.1. The van der Waals surface area contributed by atoms with Crippen LogP contribution in [0, 0.1) is 5.92 Å². The summed E-state index contributed by atoms with van der Waals surface area (Å²) in [7, 11) is 5.07. The molecule has 0 aliphatic heterocycles. The number of aryl methyl sites for hydroxylation is 1. The SMILES string of the molecule is COc1cc(CCC(=O)O)c(-c2ccc(SN(C)C[C@H](O)CNC(C)(C)CC3Cc4ccccc4C3)cc2Cl)cc1OC. The Hall–Kier alpha value is -2.75. The Labute approximate surface area is 264 Å². The molecule has 0 saturated heterocycles. The first-order valence-corrected chi connectivity index (χ1v) is 15.8. The fourth-order valence-corrected chi connectivity index (χ4v) is 7.21. The van der Waals surface area contributed by atoms with Crippen LogP contribution in [0.25, 0.3) is 11.1 Å². The van der Waals surface area contributed by atoms with Gasteiger partial charge in [-0.25, -0.2) is 4.31 Å². The molecule has 0 spiro atoms. The summed E-state index contributed by atoms with van der Waals surface area (Å²) in [4.78, 5) is 12.2. The number of aliphatic hydroxyl groups is 1. The first kappa shape index (κ1) is 33.1. The molecular formula is C34H43ClN2O5S. The van der Waals surface area contributed by atoms with Crippen molar-refractivity contribution in [2.45, 2.75) is 62.5 Å². The van der Waals surface area contributed by atoms with Crippen molar-refractivity contribution in [2.24, 2.45) is 5.92 Å². The van der Waals surface area contributed by atoms with Crippen LogP contribution < -0.4 is 14.8 Å². The molecule has 1 aliphatic carbocycles. The van der Waals surface area contributed by atoms with Gasteiger partial charge in [0.15, 0.2) is 11.5 Å². The first-order valence-electron chi connectivity index (χ1n) is 14.6. The van der Waals surface area contributed by atoms with Crippen molar-refractivity contribution in [1.29, 1.82) is 0 Å². The van der Waals surface area contributed by atoms with Gasteiger partial charge in [-0.2, -0.15) is 0 Å². The predicted molar refractivity (Wildman–Crippen MR) is 174 cm³/mol. The molecule has 232 valence electrons. The molecule has 3 aromatic rings. The molecule has 0 heterocycles. The van der Waals surface area contributed by atoms with E-state index < -0.39 is 12.1 Å². The average molecular weight is 627 g/mol. The van der Waals surface area contributed by atoms with Crippen LogP contribution >= 0.6 is 23.5 Å². The quantitative estimate of drug-likeness (QED) is 0.164. The highest BCUT2D eigenvalue weighted by atomic mass is 35.5. The van der Waals surface area contributed by atoms with E-state index in [1.165, 1.54) is 23.1 Å². The monoisotopic (exact) mass is 626 g/mol. The van der Waals surface area contributed by atoms with E-state index in [9.17, 15) is 15.0 Å². The molecular weight excluding hydrogens is 584 g/mol. The van der Waals surface area contributed by atoms with Crippen LogP contribution in [0.1, 0.15) is 43.4 Å². The largest absolute Gasteiger partial charge is 0.493 e. The van der Waals surface area contributed by atoms with Gasteiger partial charge in [0, 0.05) is 40.5 Å². The Morgan fingerprint density at radius 3 is 2.33 bits per heavy atom. The number of carboxylic acid groups (broad SMARTS) is 1. The second kappa shape index (κ2) is 14.8. The lowest BCUT2D eigenvalue weighted by molar-refractivity contribution is -0.136. The smallest absolute Gasteiger partial charge is 0.303 e. The summed E-state index contributed by atoms with van der Waals surface area (Å²) in [5.74, 6) is 0.833. The molecule has 1 aliphatic rings. The predicted octanol–water partition coefficient (Wildman–Crippen LogP) is 6.51. The molecule has 0 unspecified atom stereocenters. The number of rotatable bonds is 15. The minimum absolute atomic E-state index is 0.0119. The molecule has 3 aromatic carbocycles. The highest BCUT2D eigenvalue weighted by Crippen LogP contribution is 2.40. The van der Waals surface area contributed by atoms with Gasteiger partial charge in [0.1, 0.15) is 0 Å². The summed E-state index contributed by atoms with van der Waals surface area (Å²) >= 11 is 8.29. The Morgan fingerprint density at radius 1 is 1.07 bits per heavy atom. The number of aliphatic hydroxyl groups excluding tert-OH is 1. The van der Waals surface area contributed by atoms with Gasteiger partial charge in [-0.3, -0.25) is 4.79 Å². The number of aliphatic carboxylic acids is 1. The maximum atomic E-state index is 11.3. The van der Waals surface area contributed by atoms with Crippen molar-refractivity contribution in [3.8, 4) is 22.6 Å². The van der Waals surface area contributed by atoms with Crippen LogP contribution in [-0.4, -0.2) is 66.5 Å². The molecule has 7 nitrogen and oxygen atoms in total. The van der Waals surface area contributed by atoms with Crippen molar-refractivity contribution in [1.82, 2.24) is 9.62 Å². The molecule has 0 fully saturated rings. The van der Waals surface area contributed by atoms with Crippen LogP contribution in [0.15, 0.2) is 59.5 Å². The van der Waals surface area contributed by atoms with Crippen molar-refractivity contribution in [3.05, 3.63) is 76.3 Å². The number of fused-ring (bicyclic) bond motifs is 1. The van der Waals surface area contributed by atoms with E-state index in [1.54, 1.807) is 14.2 Å². The number of hydrogen-bond donors (Lipinski definition) is 3. The number of hydrogen-bond acceptors (Lipinski definition) is 7. The van der Waals surface area contributed by atoms with Crippen LogP contribution in [0.2, 0.25) is 5.02 Å². The Kier molecular flexibility index (Phi) is 11.4. The highest BCUT2D eigenvalue weighted by molar-refractivity contribution is 7.97. The van der Waals surface area contributed by atoms with Gasteiger partial charge in [-0.15, -0.1) is 0 Å². The number of halogens is 1. The van der Waals surface area contributed by atoms with Crippen molar-refractivity contribution >= 4 is 29.5 Å². The molecule has 9 heteroatoms. The van der Waals surface area contributed by atoms with E-state index in [2.05, 4.69) is 43.4 Å². The van der Waals surface area contributed by atoms with Crippen LogP contribution in [0.4, 0.5) is 0 Å². The normalized spacial score (nSPS) is 14.1. The van der Waals surface area contributed by atoms with Crippen molar-refractivity contribution in [2.75, 3.05) is 34.4 Å². The first-order chi connectivity index (χ1) is 20.5. The number of likely N-dealkylation sites (N-methyl/N-ethyl adjacent to an activating group) is 1. The van der Waals surface area contributed by atoms with Gasteiger partial charge in [0.25, 0.3) is 0 Å². The van der Waals surface area contributed by atoms with E-state index in [1.807, 2.05) is 41.7 Å². The summed E-state index contributed by atoms with van der Waals surface area (Å²) in [5, 5.41) is 24.2. The molecule has 1 atom stereocenters. The van der Waals surface area contributed by atoms with Gasteiger partial charge in [-0.1, -0.05) is 41.9 Å². The third kappa shape index (κ3) is 9.13.